The minimum Gasteiger partial charge on any atom is -0.463 e. The van der Waals surface area contributed by atoms with Crippen LogP contribution in [-0.4, -0.2) is 23.3 Å². The molecule has 150 valence electrons. The fourth-order valence-electron chi connectivity index (χ4n) is 3.02. The Morgan fingerprint density at radius 1 is 0.760 bits per heavy atom. The molecule has 0 radical (unpaired) electrons. The van der Waals surface area contributed by atoms with Gasteiger partial charge in [0, 0.05) is 6.42 Å². The minimum atomic E-state index is -0.126. The lowest BCUT2D eigenvalue weighted by molar-refractivity contribution is -0.148. The molecular formula is C22H44O3. The molecule has 3 nitrogen and oxygen atoms in total. The van der Waals surface area contributed by atoms with Crippen LogP contribution >= 0.6 is 0 Å². The lowest BCUT2D eigenvalue weighted by atomic mass is 10.0. The monoisotopic (exact) mass is 356 g/mol. The summed E-state index contributed by atoms with van der Waals surface area (Å²) in [6.45, 7) is 5.87. The zero-order valence-corrected chi connectivity index (χ0v) is 17.2. The number of hydrogen-bond acceptors (Lipinski definition) is 3. The molecule has 0 aliphatic carbocycles. The lowest BCUT2D eigenvalue weighted by Crippen LogP contribution is -2.13. The maximum atomic E-state index is 11.5. The molecular weight excluding hydrogens is 312 g/mol. The Labute approximate surface area is 156 Å². The summed E-state index contributed by atoms with van der Waals surface area (Å²) in [6, 6.07) is 0. The van der Waals surface area contributed by atoms with Crippen molar-refractivity contribution in [1.29, 1.82) is 0 Å². The first-order valence-electron chi connectivity index (χ1n) is 10.9. The molecule has 2 unspecified atom stereocenters. The van der Waals surface area contributed by atoms with E-state index in [1.54, 1.807) is 0 Å². The largest absolute Gasteiger partial charge is 0.463 e. The first-order chi connectivity index (χ1) is 12.1. The molecule has 0 aromatic heterocycles. The first kappa shape index (κ1) is 24.4. The molecule has 0 rings (SSSR count). The number of hydrogen-bond donors (Lipinski definition) is 1. The van der Waals surface area contributed by atoms with Gasteiger partial charge in [0.25, 0.3) is 0 Å². The molecule has 0 saturated heterocycles. The van der Waals surface area contributed by atoms with Crippen LogP contribution in [0.4, 0.5) is 0 Å². The quantitative estimate of drug-likeness (QED) is 0.223. The molecule has 0 aromatic carbocycles. The highest BCUT2D eigenvalue weighted by Gasteiger charge is 2.06. The van der Waals surface area contributed by atoms with E-state index in [0.717, 1.165) is 25.7 Å². The van der Waals surface area contributed by atoms with Gasteiger partial charge in [0.15, 0.2) is 0 Å². The summed E-state index contributed by atoms with van der Waals surface area (Å²) in [5.41, 5.74) is 0. The van der Waals surface area contributed by atoms with Crippen molar-refractivity contribution in [3.05, 3.63) is 0 Å². The third-order valence-corrected chi connectivity index (χ3v) is 4.91. The van der Waals surface area contributed by atoms with Gasteiger partial charge in [-0.3, -0.25) is 4.79 Å². The molecule has 1 N–H and O–H groups in total. The average molecular weight is 357 g/mol. The molecule has 3 heteroatoms. The predicted octanol–water partition coefficient (Wildman–Crippen LogP) is 6.56. The van der Waals surface area contributed by atoms with Gasteiger partial charge in [0.05, 0.1) is 12.2 Å². The van der Waals surface area contributed by atoms with Gasteiger partial charge in [-0.1, -0.05) is 84.0 Å². The summed E-state index contributed by atoms with van der Waals surface area (Å²) in [6.07, 6.45) is 19.0. The van der Waals surface area contributed by atoms with Crippen LogP contribution in [0.25, 0.3) is 0 Å². The smallest absolute Gasteiger partial charge is 0.306 e. The highest BCUT2D eigenvalue weighted by Crippen LogP contribution is 2.14. The van der Waals surface area contributed by atoms with Crippen LogP contribution in [-0.2, 0) is 9.53 Å². The molecule has 0 spiro atoms. The van der Waals surface area contributed by atoms with Crippen molar-refractivity contribution in [3.63, 3.8) is 0 Å². The second-order valence-corrected chi connectivity index (χ2v) is 7.69. The van der Waals surface area contributed by atoms with Crippen molar-refractivity contribution in [2.75, 3.05) is 0 Å². The van der Waals surface area contributed by atoms with E-state index in [-0.39, 0.29) is 18.2 Å². The van der Waals surface area contributed by atoms with Gasteiger partial charge in [-0.15, -0.1) is 0 Å². The fraction of sp³-hybridized carbons (Fsp3) is 0.955. The van der Waals surface area contributed by atoms with E-state index in [2.05, 4.69) is 0 Å². The molecule has 0 aromatic rings. The maximum Gasteiger partial charge on any atom is 0.306 e. The van der Waals surface area contributed by atoms with Crippen LogP contribution in [0.2, 0.25) is 0 Å². The highest BCUT2D eigenvalue weighted by atomic mass is 16.5. The Morgan fingerprint density at radius 2 is 1.16 bits per heavy atom. The van der Waals surface area contributed by atoms with Gasteiger partial charge in [-0.2, -0.15) is 0 Å². The zero-order valence-electron chi connectivity index (χ0n) is 17.2. The number of unbranched alkanes of at least 4 members (excludes halogenated alkanes) is 12. The first-order valence-corrected chi connectivity index (χ1v) is 10.9. The second kappa shape index (κ2) is 18.2. The molecule has 0 amide bonds. The molecule has 0 saturated carbocycles. The van der Waals surface area contributed by atoms with Crippen LogP contribution in [0.15, 0.2) is 0 Å². The standard InChI is InChI=1S/C22H44O3/c1-4-21(3)25-22(24)19-17-15-13-11-9-7-5-6-8-10-12-14-16-18-20(2)23/h20-21,23H,4-19H2,1-3H3. The normalized spacial score (nSPS) is 13.6. The predicted molar refractivity (Wildman–Crippen MR) is 107 cm³/mol. The van der Waals surface area contributed by atoms with Crippen molar-refractivity contribution in [1.82, 2.24) is 0 Å². The van der Waals surface area contributed by atoms with Gasteiger partial charge in [0.2, 0.25) is 0 Å². The average Bonchev–Trinajstić information content (AvgIpc) is 2.57. The van der Waals surface area contributed by atoms with Gasteiger partial charge >= 0.3 is 5.97 Å². The van der Waals surface area contributed by atoms with Crippen LogP contribution in [0, 0.1) is 0 Å². The van der Waals surface area contributed by atoms with E-state index >= 15 is 0 Å². The minimum absolute atomic E-state index is 0.0276. The summed E-state index contributed by atoms with van der Waals surface area (Å²) in [4.78, 5) is 11.5. The molecule has 25 heavy (non-hydrogen) atoms. The van der Waals surface area contributed by atoms with Gasteiger partial charge < -0.3 is 9.84 Å². The SMILES string of the molecule is CCC(C)OC(=O)CCCCCCCCCCCCCCCC(C)O. The molecule has 0 heterocycles. The summed E-state index contributed by atoms with van der Waals surface area (Å²) in [7, 11) is 0. The third-order valence-electron chi connectivity index (χ3n) is 4.91. The highest BCUT2D eigenvalue weighted by molar-refractivity contribution is 5.69. The molecule has 0 fully saturated rings. The summed E-state index contributed by atoms with van der Waals surface area (Å²) >= 11 is 0. The zero-order chi connectivity index (χ0) is 18.8. The summed E-state index contributed by atoms with van der Waals surface area (Å²) in [5.74, 6) is -0.0276. The number of carbonyl (C=O) groups excluding carboxylic acids is 1. The second-order valence-electron chi connectivity index (χ2n) is 7.69. The van der Waals surface area contributed by atoms with Crippen molar-refractivity contribution < 1.29 is 14.6 Å². The van der Waals surface area contributed by atoms with E-state index < -0.39 is 0 Å². The molecule has 0 aliphatic heterocycles. The third kappa shape index (κ3) is 19.6. The Kier molecular flexibility index (Phi) is 17.8. The van der Waals surface area contributed by atoms with E-state index in [0.29, 0.717) is 6.42 Å². The summed E-state index contributed by atoms with van der Waals surface area (Å²) < 4.78 is 5.27. The lowest BCUT2D eigenvalue weighted by Gasteiger charge is -2.10. The fourth-order valence-corrected chi connectivity index (χ4v) is 3.02. The van der Waals surface area contributed by atoms with Crippen molar-refractivity contribution in [3.8, 4) is 0 Å². The van der Waals surface area contributed by atoms with Gasteiger partial charge in [-0.25, -0.2) is 0 Å². The number of carbonyl (C=O) groups is 1. The number of esters is 1. The molecule has 0 aliphatic rings. The Hall–Kier alpha value is -0.570. The number of aliphatic hydroxyl groups is 1. The van der Waals surface area contributed by atoms with Crippen LogP contribution in [0.5, 0.6) is 0 Å². The van der Waals surface area contributed by atoms with Gasteiger partial charge in [-0.05, 0) is 33.1 Å². The number of aliphatic hydroxyl groups excluding tert-OH is 1. The van der Waals surface area contributed by atoms with E-state index in [4.69, 9.17) is 4.74 Å². The van der Waals surface area contributed by atoms with E-state index in [1.807, 2.05) is 20.8 Å². The van der Waals surface area contributed by atoms with Crippen LogP contribution in [0.3, 0.4) is 0 Å². The van der Waals surface area contributed by atoms with Crippen molar-refractivity contribution >= 4 is 5.97 Å². The number of rotatable bonds is 18. The molecule has 0 bridgehead atoms. The van der Waals surface area contributed by atoms with Gasteiger partial charge in [0.1, 0.15) is 0 Å². The molecule has 2 atom stereocenters. The topological polar surface area (TPSA) is 46.5 Å². The van der Waals surface area contributed by atoms with E-state index in [1.165, 1.54) is 70.6 Å². The Morgan fingerprint density at radius 3 is 1.56 bits per heavy atom. The Bertz CT molecular complexity index is 289. The van der Waals surface area contributed by atoms with Crippen molar-refractivity contribution in [2.24, 2.45) is 0 Å². The maximum absolute atomic E-state index is 11.5. The van der Waals surface area contributed by atoms with Crippen LogP contribution in [0.1, 0.15) is 124 Å². The number of ether oxygens (including phenoxy) is 1. The van der Waals surface area contributed by atoms with E-state index in [9.17, 15) is 9.90 Å². The summed E-state index contributed by atoms with van der Waals surface area (Å²) in [5, 5.41) is 9.19. The van der Waals surface area contributed by atoms with Crippen LogP contribution < -0.4 is 0 Å². The Balaban J connectivity index is 3.13. The van der Waals surface area contributed by atoms with Crippen molar-refractivity contribution in [2.45, 2.75) is 136 Å².